The van der Waals surface area contributed by atoms with Gasteiger partial charge in [-0.25, -0.2) is 4.79 Å². The van der Waals surface area contributed by atoms with Gasteiger partial charge in [-0.1, -0.05) is 32.0 Å². The minimum Gasteiger partial charge on any atom is -0.452 e. The molecule has 148 valence electrons. The third-order valence-electron chi connectivity index (χ3n) is 3.99. The Labute approximate surface area is 163 Å². The number of esters is 1. The van der Waals surface area contributed by atoms with Gasteiger partial charge in [0.25, 0.3) is 11.6 Å². The summed E-state index contributed by atoms with van der Waals surface area (Å²) >= 11 is 0. The van der Waals surface area contributed by atoms with Crippen LogP contribution in [0.4, 0.5) is 17.1 Å². The Balaban J connectivity index is 2.03. The van der Waals surface area contributed by atoms with Gasteiger partial charge in [-0.2, -0.15) is 0 Å². The molecule has 2 aromatic carbocycles. The molecule has 8 nitrogen and oxygen atoms in total. The number of carbonyl (C=O) groups is 2. The first-order valence-corrected chi connectivity index (χ1v) is 8.91. The van der Waals surface area contributed by atoms with Gasteiger partial charge in [0.15, 0.2) is 6.61 Å². The number of hydrogen-bond acceptors (Lipinski definition) is 6. The first kappa shape index (κ1) is 20.9. The fraction of sp³-hybridized carbons (Fsp3) is 0.300. The lowest BCUT2D eigenvalue weighted by molar-refractivity contribution is -0.384. The summed E-state index contributed by atoms with van der Waals surface area (Å²) < 4.78 is 5.00. The number of nitrogens with one attached hydrogen (secondary N) is 2. The van der Waals surface area contributed by atoms with E-state index in [0.29, 0.717) is 17.9 Å². The third kappa shape index (κ3) is 5.29. The molecule has 0 radical (unpaired) electrons. The average Bonchev–Trinajstić information content (AvgIpc) is 2.66. The molecule has 0 bridgehead atoms. The highest BCUT2D eigenvalue weighted by atomic mass is 16.6. The zero-order valence-electron chi connectivity index (χ0n) is 16.0. The summed E-state index contributed by atoms with van der Waals surface area (Å²) in [6.45, 7) is 5.84. The predicted octanol–water partition coefficient (Wildman–Crippen LogP) is 3.95. The van der Waals surface area contributed by atoms with Gasteiger partial charge < -0.3 is 15.4 Å². The van der Waals surface area contributed by atoms with E-state index in [-0.39, 0.29) is 17.2 Å². The molecule has 2 aromatic rings. The van der Waals surface area contributed by atoms with Crippen molar-refractivity contribution in [2.45, 2.75) is 26.7 Å². The Hall–Kier alpha value is -3.42. The number of nitro groups is 1. The molecular formula is C20H23N3O5. The molecule has 1 amide bonds. The van der Waals surface area contributed by atoms with Crippen LogP contribution in [0.2, 0.25) is 0 Å². The van der Waals surface area contributed by atoms with E-state index in [1.807, 2.05) is 32.9 Å². The number of benzene rings is 2. The number of para-hydroxylation sites is 1. The van der Waals surface area contributed by atoms with Crippen LogP contribution in [0.15, 0.2) is 42.5 Å². The first-order valence-electron chi connectivity index (χ1n) is 8.91. The van der Waals surface area contributed by atoms with Crippen LogP contribution in [0.1, 0.15) is 42.6 Å². The van der Waals surface area contributed by atoms with Crippen LogP contribution in [-0.2, 0) is 9.53 Å². The minimum atomic E-state index is -0.807. The van der Waals surface area contributed by atoms with Crippen LogP contribution in [0.5, 0.6) is 0 Å². The summed E-state index contributed by atoms with van der Waals surface area (Å²) in [7, 11) is 0. The van der Waals surface area contributed by atoms with E-state index < -0.39 is 23.4 Å². The Bertz CT molecular complexity index is 880. The highest BCUT2D eigenvalue weighted by Gasteiger charge is 2.19. The zero-order valence-corrected chi connectivity index (χ0v) is 16.0. The second-order valence-corrected chi connectivity index (χ2v) is 6.39. The standard InChI is InChI=1S/C20H23N3O5/c1-4-21-17-10-9-14(11-18(17)23(26)27)20(25)28-12-19(24)22-16-8-6-5-7-15(16)13(2)3/h5-11,13,21H,4,12H2,1-3H3,(H,22,24). The van der Waals surface area contributed by atoms with Crippen molar-refractivity contribution in [1.82, 2.24) is 0 Å². The molecular weight excluding hydrogens is 362 g/mol. The summed E-state index contributed by atoms with van der Waals surface area (Å²) in [5.41, 5.74) is 1.71. The van der Waals surface area contributed by atoms with Gasteiger partial charge in [0.2, 0.25) is 0 Å². The smallest absolute Gasteiger partial charge is 0.338 e. The molecule has 0 saturated carbocycles. The molecule has 0 aliphatic carbocycles. The first-order chi connectivity index (χ1) is 13.3. The van der Waals surface area contributed by atoms with Gasteiger partial charge >= 0.3 is 5.97 Å². The topological polar surface area (TPSA) is 111 Å². The number of hydrogen-bond donors (Lipinski definition) is 2. The number of carbonyl (C=O) groups excluding carboxylic acids is 2. The van der Waals surface area contributed by atoms with E-state index in [0.717, 1.165) is 11.6 Å². The fourth-order valence-corrected chi connectivity index (χ4v) is 2.66. The van der Waals surface area contributed by atoms with Crippen LogP contribution >= 0.6 is 0 Å². The fourth-order valence-electron chi connectivity index (χ4n) is 2.66. The lowest BCUT2D eigenvalue weighted by Gasteiger charge is -2.13. The maximum Gasteiger partial charge on any atom is 0.338 e. The second-order valence-electron chi connectivity index (χ2n) is 6.39. The monoisotopic (exact) mass is 385 g/mol. The van der Waals surface area contributed by atoms with Crippen molar-refractivity contribution < 1.29 is 19.2 Å². The normalized spacial score (nSPS) is 10.4. The number of nitrogens with zero attached hydrogens (tertiary/aromatic N) is 1. The summed E-state index contributed by atoms with van der Waals surface area (Å²) in [6, 6.07) is 11.4. The van der Waals surface area contributed by atoms with Crippen LogP contribution in [0, 0.1) is 10.1 Å². The van der Waals surface area contributed by atoms with Crippen molar-refractivity contribution in [3.63, 3.8) is 0 Å². The van der Waals surface area contributed by atoms with Gasteiger partial charge in [0.05, 0.1) is 10.5 Å². The average molecular weight is 385 g/mol. The Kier molecular flexibility index (Phi) is 7.08. The molecule has 8 heteroatoms. The van der Waals surface area contributed by atoms with E-state index in [4.69, 9.17) is 4.74 Å². The molecule has 2 N–H and O–H groups in total. The van der Waals surface area contributed by atoms with Gasteiger partial charge in [0.1, 0.15) is 5.69 Å². The van der Waals surface area contributed by atoms with Crippen LogP contribution in [-0.4, -0.2) is 30.0 Å². The summed E-state index contributed by atoms with van der Waals surface area (Å²) in [5, 5.41) is 16.8. The second kappa shape index (κ2) is 9.50. The van der Waals surface area contributed by atoms with Crippen LogP contribution in [0.25, 0.3) is 0 Å². The molecule has 0 fully saturated rings. The van der Waals surface area contributed by atoms with E-state index in [9.17, 15) is 19.7 Å². The van der Waals surface area contributed by atoms with Crippen molar-refractivity contribution >= 4 is 28.9 Å². The van der Waals surface area contributed by atoms with Gasteiger partial charge in [-0.05, 0) is 36.6 Å². The van der Waals surface area contributed by atoms with Crippen LogP contribution < -0.4 is 10.6 Å². The molecule has 0 aromatic heterocycles. The molecule has 0 aliphatic heterocycles. The van der Waals surface area contributed by atoms with Crippen LogP contribution in [0.3, 0.4) is 0 Å². The Morgan fingerprint density at radius 3 is 2.50 bits per heavy atom. The molecule has 0 unspecified atom stereocenters. The molecule has 0 aliphatic rings. The quantitative estimate of drug-likeness (QED) is 0.404. The largest absolute Gasteiger partial charge is 0.452 e. The lowest BCUT2D eigenvalue weighted by atomic mass is 10.0. The molecule has 0 atom stereocenters. The number of anilines is 2. The Morgan fingerprint density at radius 1 is 1.14 bits per heavy atom. The number of ether oxygens (including phenoxy) is 1. The SMILES string of the molecule is CCNc1ccc(C(=O)OCC(=O)Nc2ccccc2C(C)C)cc1[N+](=O)[O-]. The number of nitro benzene ring substituents is 1. The van der Waals surface area contributed by atoms with Gasteiger partial charge in [-0.3, -0.25) is 14.9 Å². The van der Waals surface area contributed by atoms with E-state index in [1.54, 1.807) is 12.1 Å². The van der Waals surface area contributed by atoms with Gasteiger partial charge in [0, 0.05) is 18.3 Å². The van der Waals surface area contributed by atoms with Crippen molar-refractivity contribution in [3.05, 3.63) is 63.7 Å². The molecule has 28 heavy (non-hydrogen) atoms. The molecule has 0 saturated heterocycles. The molecule has 0 spiro atoms. The molecule has 2 rings (SSSR count). The maximum atomic E-state index is 12.2. The van der Waals surface area contributed by atoms with Crippen molar-refractivity contribution in [2.24, 2.45) is 0 Å². The third-order valence-corrected chi connectivity index (χ3v) is 3.99. The van der Waals surface area contributed by atoms with Gasteiger partial charge in [-0.15, -0.1) is 0 Å². The minimum absolute atomic E-state index is 0.00346. The predicted molar refractivity (Wildman–Crippen MR) is 107 cm³/mol. The number of amides is 1. The maximum absolute atomic E-state index is 12.2. The van der Waals surface area contributed by atoms with E-state index >= 15 is 0 Å². The Morgan fingerprint density at radius 2 is 1.86 bits per heavy atom. The van der Waals surface area contributed by atoms with Crippen molar-refractivity contribution in [3.8, 4) is 0 Å². The summed E-state index contributed by atoms with van der Waals surface area (Å²) in [4.78, 5) is 34.9. The van der Waals surface area contributed by atoms with Crippen molar-refractivity contribution in [1.29, 1.82) is 0 Å². The number of rotatable bonds is 8. The van der Waals surface area contributed by atoms with E-state index in [2.05, 4.69) is 10.6 Å². The highest BCUT2D eigenvalue weighted by Crippen LogP contribution is 2.26. The highest BCUT2D eigenvalue weighted by molar-refractivity contribution is 5.96. The summed E-state index contributed by atoms with van der Waals surface area (Å²) in [6.07, 6.45) is 0. The van der Waals surface area contributed by atoms with E-state index in [1.165, 1.54) is 12.1 Å². The summed E-state index contributed by atoms with van der Waals surface area (Å²) in [5.74, 6) is -1.08. The molecule has 0 heterocycles. The lowest BCUT2D eigenvalue weighted by Crippen LogP contribution is -2.21. The van der Waals surface area contributed by atoms with Crippen molar-refractivity contribution in [2.75, 3.05) is 23.8 Å². The zero-order chi connectivity index (χ0) is 20.7.